The maximum atomic E-state index is 6.08. The second-order valence-electron chi connectivity index (χ2n) is 4.22. The van der Waals surface area contributed by atoms with Crippen LogP contribution < -0.4 is 0 Å². The Morgan fingerprint density at radius 3 is 2.65 bits per heavy atom. The van der Waals surface area contributed by atoms with Crippen LogP contribution in [0.3, 0.4) is 0 Å². The van der Waals surface area contributed by atoms with Crippen molar-refractivity contribution in [2.24, 2.45) is 0 Å². The molecule has 0 spiro atoms. The van der Waals surface area contributed by atoms with Gasteiger partial charge in [0.05, 0.1) is 39.2 Å². The molecule has 0 fully saturated rings. The molecule has 4 nitrogen and oxygen atoms in total. The fraction of sp³-hybridized carbons (Fsp3) is 0.154. The minimum Gasteiger partial charge on any atom is -0.321 e. The van der Waals surface area contributed by atoms with Gasteiger partial charge in [-0.25, -0.2) is 4.98 Å². The number of fused-ring (bicyclic) bond motifs is 1. The summed E-state index contributed by atoms with van der Waals surface area (Å²) in [5, 5.41) is 8.91. The predicted octanol–water partition coefficient (Wildman–Crippen LogP) is 3.92. The van der Waals surface area contributed by atoms with Crippen molar-refractivity contribution < 1.29 is 0 Å². The van der Waals surface area contributed by atoms with E-state index < -0.39 is 0 Å². The molecule has 3 rings (SSSR count). The summed E-state index contributed by atoms with van der Waals surface area (Å²) in [6.45, 7) is 0.532. The standard InChI is InChI=1S/C13H9Cl3N4/c14-6-13-18-11-4-9(15)10(16)5-12(11)20(13)7-8-2-1-3-17-19-8/h1-5H,6-7H2. The minimum atomic E-state index is 0.296. The molecule has 3 aromatic rings. The fourth-order valence-corrected chi connectivity index (χ4v) is 2.55. The first-order valence-electron chi connectivity index (χ1n) is 5.85. The average Bonchev–Trinajstić information content (AvgIpc) is 2.78. The summed E-state index contributed by atoms with van der Waals surface area (Å²) in [7, 11) is 0. The quantitative estimate of drug-likeness (QED) is 0.685. The fourth-order valence-electron chi connectivity index (χ4n) is 2.03. The summed E-state index contributed by atoms with van der Waals surface area (Å²) in [5.74, 6) is 1.04. The molecule has 0 bridgehead atoms. The van der Waals surface area contributed by atoms with Gasteiger partial charge in [-0.15, -0.1) is 11.6 Å². The van der Waals surface area contributed by atoms with Gasteiger partial charge in [0.25, 0.3) is 0 Å². The maximum Gasteiger partial charge on any atom is 0.125 e. The molecule has 0 amide bonds. The van der Waals surface area contributed by atoms with Crippen LogP contribution in [0.15, 0.2) is 30.5 Å². The van der Waals surface area contributed by atoms with E-state index in [1.54, 1.807) is 18.3 Å². The highest BCUT2D eigenvalue weighted by molar-refractivity contribution is 6.42. The maximum absolute atomic E-state index is 6.08. The van der Waals surface area contributed by atoms with E-state index in [-0.39, 0.29) is 0 Å². The number of imidazole rings is 1. The first-order valence-corrected chi connectivity index (χ1v) is 7.15. The summed E-state index contributed by atoms with van der Waals surface area (Å²) >= 11 is 18.1. The van der Waals surface area contributed by atoms with E-state index in [1.807, 2.05) is 16.7 Å². The van der Waals surface area contributed by atoms with Crippen LogP contribution in [0, 0.1) is 0 Å². The summed E-state index contributed by atoms with van der Waals surface area (Å²) in [6.07, 6.45) is 1.63. The number of halogens is 3. The Morgan fingerprint density at radius 1 is 1.15 bits per heavy atom. The third-order valence-corrected chi connectivity index (χ3v) is 3.90. The second-order valence-corrected chi connectivity index (χ2v) is 5.30. The molecule has 1 aromatic carbocycles. The van der Waals surface area contributed by atoms with Gasteiger partial charge in [-0.1, -0.05) is 23.2 Å². The van der Waals surface area contributed by atoms with Crippen molar-refractivity contribution in [3.05, 3.63) is 52.0 Å². The van der Waals surface area contributed by atoms with Gasteiger partial charge in [0.15, 0.2) is 0 Å². The number of rotatable bonds is 3. The smallest absolute Gasteiger partial charge is 0.125 e. The highest BCUT2D eigenvalue weighted by Crippen LogP contribution is 2.29. The third kappa shape index (κ3) is 2.46. The molecule has 0 saturated heterocycles. The molecular weight excluding hydrogens is 319 g/mol. The van der Waals surface area contributed by atoms with Crippen molar-refractivity contribution in [2.45, 2.75) is 12.4 Å². The molecule has 0 aliphatic rings. The van der Waals surface area contributed by atoms with E-state index in [0.717, 1.165) is 22.6 Å². The van der Waals surface area contributed by atoms with Gasteiger partial charge in [0, 0.05) is 6.20 Å². The normalized spacial score (nSPS) is 11.2. The van der Waals surface area contributed by atoms with Crippen LogP contribution >= 0.6 is 34.8 Å². The van der Waals surface area contributed by atoms with Gasteiger partial charge >= 0.3 is 0 Å². The number of alkyl halides is 1. The minimum absolute atomic E-state index is 0.296. The molecule has 7 heteroatoms. The first kappa shape index (κ1) is 13.6. The summed E-state index contributed by atoms with van der Waals surface area (Å²) in [5.41, 5.74) is 2.46. The highest BCUT2D eigenvalue weighted by atomic mass is 35.5. The van der Waals surface area contributed by atoms with Crippen LogP contribution in [0.1, 0.15) is 11.5 Å². The van der Waals surface area contributed by atoms with Gasteiger partial charge in [-0.2, -0.15) is 10.2 Å². The SMILES string of the molecule is ClCc1nc2cc(Cl)c(Cl)cc2n1Cc1cccnn1. The van der Waals surface area contributed by atoms with Crippen LogP contribution in [-0.2, 0) is 12.4 Å². The lowest BCUT2D eigenvalue weighted by Crippen LogP contribution is -2.05. The van der Waals surface area contributed by atoms with E-state index in [1.165, 1.54) is 0 Å². The number of benzene rings is 1. The summed E-state index contributed by atoms with van der Waals surface area (Å²) < 4.78 is 1.97. The lowest BCUT2D eigenvalue weighted by Gasteiger charge is -2.07. The van der Waals surface area contributed by atoms with E-state index in [4.69, 9.17) is 34.8 Å². The van der Waals surface area contributed by atoms with Crippen molar-refractivity contribution >= 4 is 45.8 Å². The number of nitrogens with zero attached hydrogens (tertiary/aromatic N) is 4. The Bertz CT molecular complexity index is 755. The van der Waals surface area contributed by atoms with Crippen LogP contribution in [-0.4, -0.2) is 19.7 Å². The molecule has 0 saturated carbocycles. The summed E-state index contributed by atoms with van der Waals surface area (Å²) in [4.78, 5) is 4.47. The molecule has 0 unspecified atom stereocenters. The van der Waals surface area contributed by atoms with Crippen LogP contribution in [0.5, 0.6) is 0 Å². The van der Waals surface area contributed by atoms with Crippen LogP contribution in [0.25, 0.3) is 11.0 Å². The van der Waals surface area contributed by atoms with Crippen LogP contribution in [0.4, 0.5) is 0 Å². The van der Waals surface area contributed by atoms with Gasteiger partial charge in [0.2, 0.25) is 0 Å². The average molecular weight is 328 g/mol. The van der Waals surface area contributed by atoms with Gasteiger partial charge in [-0.3, -0.25) is 0 Å². The lowest BCUT2D eigenvalue weighted by atomic mass is 10.3. The van der Waals surface area contributed by atoms with Gasteiger partial charge < -0.3 is 4.57 Å². The molecule has 2 aromatic heterocycles. The molecule has 2 heterocycles. The van der Waals surface area contributed by atoms with Crippen molar-refractivity contribution in [3.8, 4) is 0 Å². The molecule has 20 heavy (non-hydrogen) atoms. The van der Waals surface area contributed by atoms with Crippen molar-refractivity contribution in [2.75, 3.05) is 0 Å². The zero-order valence-electron chi connectivity index (χ0n) is 10.2. The second kappa shape index (κ2) is 5.56. The van der Waals surface area contributed by atoms with E-state index in [0.29, 0.717) is 22.5 Å². The Morgan fingerprint density at radius 2 is 1.95 bits per heavy atom. The molecule has 0 radical (unpaired) electrons. The summed E-state index contributed by atoms with van der Waals surface area (Å²) in [6, 6.07) is 7.27. The Kier molecular flexibility index (Phi) is 3.78. The molecular formula is C13H9Cl3N4. The van der Waals surface area contributed by atoms with E-state index >= 15 is 0 Å². The molecule has 0 N–H and O–H groups in total. The Labute approximate surface area is 130 Å². The number of hydrogen-bond acceptors (Lipinski definition) is 3. The molecule has 0 atom stereocenters. The first-order chi connectivity index (χ1) is 9.69. The van der Waals surface area contributed by atoms with Crippen LogP contribution in [0.2, 0.25) is 10.0 Å². The monoisotopic (exact) mass is 326 g/mol. The van der Waals surface area contributed by atoms with Crippen molar-refractivity contribution in [3.63, 3.8) is 0 Å². The predicted molar refractivity (Wildman–Crippen MR) is 80.4 cm³/mol. The van der Waals surface area contributed by atoms with Crippen molar-refractivity contribution in [1.82, 2.24) is 19.7 Å². The highest BCUT2D eigenvalue weighted by Gasteiger charge is 2.13. The van der Waals surface area contributed by atoms with Gasteiger partial charge in [0.1, 0.15) is 5.82 Å². The lowest BCUT2D eigenvalue weighted by molar-refractivity contribution is 0.741. The number of aromatic nitrogens is 4. The topological polar surface area (TPSA) is 43.6 Å². The molecule has 0 aliphatic heterocycles. The molecule has 0 aliphatic carbocycles. The zero-order chi connectivity index (χ0) is 14.1. The number of hydrogen-bond donors (Lipinski definition) is 0. The van der Waals surface area contributed by atoms with Crippen molar-refractivity contribution in [1.29, 1.82) is 0 Å². The largest absolute Gasteiger partial charge is 0.321 e. The molecule has 102 valence electrons. The van der Waals surface area contributed by atoms with E-state index in [2.05, 4.69) is 15.2 Å². The van der Waals surface area contributed by atoms with Gasteiger partial charge in [-0.05, 0) is 24.3 Å². The Balaban J connectivity index is 2.15. The zero-order valence-corrected chi connectivity index (χ0v) is 12.5. The third-order valence-electron chi connectivity index (χ3n) is 2.94. The van der Waals surface area contributed by atoms with E-state index in [9.17, 15) is 0 Å². The Hall–Kier alpha value is -1.36.